The summed E-state index contributed by atoms with van der Waals surface area (Å²) in [5.74, 6) is 2.78. The van der Waals surface area contributed by atoms with Gasteiger partial charge in [-0.05, 0) is 130 Å². The van der Waals surface area contributed by atoms with Gasteiger partial charge in [0.1, 0.15) is 0 Å². The number of fused-ring (bicyclic) bond motifs is 5. The van der Waals surface area contributed by atoms with Crippen LogP contribution in [0.15, 0.2) is 23.3 Å². The van der Waals surface area contributed by atoms with Crippen molar-refractivity contribution in [1.82, 2.24) is 0 Å². The van der Waals surface area contributed by atoms with E-state index < -0.39 is 11.4 Å². The third kappa shape index (κ3) is 3.68. The van der Waals surface area contributed by atoms with Crippen LogP contribution >= 0.6 is 0 Å². The molecule has 5 heteroatoms. The van der Waals surface area contributed by atoms with Crippen molar-refractivity contribution in [3.8, 4) is 0 Å². The Labute approximate surface area is 234 Å². The third-order valence-electron chi connectivity index (χ3n) is 13.7. The highest BCUT2D eigenvalue weighted by Crippen LogP contribution is 2.70. The molecule has 2 N–H and O–H groups in total. The molecule has 0 aromatic heterocycles. The predicted molar refractivity (Wildman–Crippen MR) is 149 cm³/mol. The quantitative estimate of drug-likeness (QED) is 0.426. The highest BCUT2D eigenvalue weighted by Gasteiger charge is 2.67. The summed E-state index contributed by atoms with van der Waals surface area (Å²) in [5, 5.41) is 23.2. The fourth-order valence-electron chi connectivity index (χ4n) is 11.7. The molecule has 3 unspecified atom stereocenters. The SMILES string of the molecule is C=C1CCO[C@]12CCC1C3CC[C@@]4(O)CC5(CCC4=C3[C@@H](C3CCC(C(O)C4CC4)CC3)C[C@@]12C)OCCO5. The van der Waals surface area contributed by atoms with Crippen LogP contribution < -0.4 is 0 Å². The lowest BCUT2D eigenvalue weighted by atomic mass is 9.47. The van der Waals surface area contributed by atoms with E-state index in [9.17, 15) is 10.2 Å². The van der Waals surface area contributed by atoms with Crippen LogP contribution in [0.1, 0.15) is 103 Å². The average molecular weight is 539 g/mol. The van der Waals surface area contributed by atoms with E-state index >= 15 is 0 Å². The zero-order valence-corrected chi connectivity index (χ0v) is 24.1. The Morgan fingerprint density at radius 1 is 0.821 bits per heavy atom. The van der Waals surface area contributed by atoms with Crippen molar-refractivity contribution >= 4 is 0 Å². The number of allylic oxidation sites excluding steroid dienone is 1. The van der Waals surface area contributed by atoms with Crippen molar-refractivity contribution in [3.05, 3.63) is 23.3 Å². The van der Waals surface area contributed by atoms with Gasteiger partial charge in [0.05, 0.1) is 37.1 Å². The fourth-order valence-corrected chi connectivity index (χ4v) is 11.7. The maximum Gasteiger partial charge on any atom is 0.171 e. The Morgan fingerprint density at radius 2 is 1.54 bits per heavy atom. The summed E-state index contributed by atoms with van der Waals surface area (Å²) >= 11 is 0. The Balaban J connectivity index is 1.16. The van der Waals surface area contributed by atoms with Crippen LogP contribution in [0.5, 0.6) is 0 Å². The normalized spacial score (nSPS) is 49.8. The van der Waals surface area contributed by atoms with Crippen molar-refractivity contribution in [2.24, 2.45) is 40.9 Å². The van der Waals surface area contributed by atoms with Gasteiger partial charge in [-0.3, -0.25) is 0 Å². The zero-order valence-electron chi connectivity index (χ0n) is 24.1. The molecule has 5 nitrogen and oxygen atoms in total. The minimum atomic E-state index is -0.788. The smallest absolute Gasteiger partial charge is 0.171 e. The first kappa shape index (κ1) is 25.9. The summed E-state index contributed by atoms with van der Waals surface area (Å²) < 4.78 is 19.0. The second-order valence-electron chi connectivity index (χ2n) is 15.3. The minimum absolute atomic E-state index is 0.0805. The number of rotatable bonds is 3. The molecule has 0 amide bonds. The first-order valence-corrected chi connectivity index (χ1v) is 16.5. The Bertz CT molecular complexity index is 1050. The molecular weight excluding hydrogens is 488 g/mol. The van der Waals surface area contributed by atoms with Crippen LogP contribution in [0.3, 0.4) is 0 Å². The van der Waals surface area contributed by atoms with Gasteiger partial charge >= 0.3 is 0 Å². The molecule has 0 bridgehead atoms. The van der Waals surface area contributed by atoms with Gasteiger partial charge in [-0.15, -0.1) is 0 Å². The van der Waals surface area contributed by atoms with E-state index in [0.717, 1.165) is 58.0 Å². The first-order chi connectivity index (χ1) is 18.8. The van der Waals surface area contributed by atoms with Crippen LogP contribution in [0, 0.1) is 40.9 Å². The van der Waals surface area contributed by atoms with E-state index in [4.69, 9.17) is 14.2 Å². The van der Waals surface area contributed by atoms with Crippen molar-refractivity contribution in [2.45, 2.75) is 126 Å². The molecule has 0 aromatic rings. The summed E-state index contributed by atoms with van der Waals surface area (Å²) in [6, 6.07) is 0. The maximum absolute atomic E-state index is 12.3. The van der Waals surface area contributed by atoms with Gasteiger partial charge in [-0.1, -0.05) is 19.1 Å². The van der Waals surface area contributed by atoms with Gasteiger partial charge in [0, 0.05) is 18.3 Å². The van der Waals surface area contributed by atoms with Crippen LogP contribution in [0.2, 0.25) is 0 Å². The molecule has 5 saturated carbocycles. The molecule has 2 heterocycles. The largest absolute Gasteiger partial charge is 0.393 e. The van der Waals surface area contributed by atoms with Crippen LogP contribution in [0.4, 0.5) is 0 Å². The number of aliphatic hydroxyl groups is 2. The summed E-state index contributed by atoms with van der Waals surface area (Å²) in [6.07, 6.45) is 15.9. The molecule has 7 atom stereocenters. The van der Waals surface area contributed by atoms with E-state index in [1.807, 2.05) is 0 Å². The molecule has 7 fully saturated rings. The maximum atomic E-state index is 12.3. The molecule has 6 aliphatic carbocycles. The van der Waals surface area contributed by atoms with E-state index in [1.54, 1.807) is 5.57 Å². The lowest BCUT2D eigenvalue weighted by molar-refractivity contribution is -0.209. The summed E-state index contributed by atoms with van der Waals surface area (Å²) in [4.78, 5) is 0. The molecule has 8 rings (SSSR count). The second kappa shape index (κ2) is 8.89. The molecule has 2 saturated heterocycles. The lowest BCUT2D eigenvalue weighted by Gasteiger charge is -2.59. The third-order valence-corrected chi connectivity index (χ3v) is 13.7. The van der Waals surface area contributed by atoms with Crippen molar-refractivity contribution in [2.75, 3.05) is 19.8 Å². The minimum Gasteiger partial charge on any atom is -0.393 e. The van der Waals surface area contributed by atoms with Crippen molar-refractivity contribution in [1.29, 1.82) is 0 Å². The molecule has 2 spiro atoms. The predicted octanol–water partition coefficient (Wildman–Crippen LogP) is 6.08. The molecule has 0 radical (unpaired) electrons. The fraction of sp³-hybridized carbons (Fsp3) is 0.882. The molecule has 2 aliphatic heterocycles. The molecule has 8 aliphatic rings. The zero-order chi connectivity index (χ0) is 26.6. The highest BCUT2D eigenvalue weighted by atomic mass is 16.7. The molecule has 0 aromatic carbocycles. The van der Waals surface area contributed by atoms with Gasteiger partial charge in [-0.2, -0.15) is 0 Å². The number of ether oxygens (including phenoxy) is 3. The van der Waals surface area contributed by atoms with Crippen molar-refractivity contribution < 1.29 is 24.4 Å². The monoisotopic (exact) mass is 538 g/mol. The molecule has 216 valence electrons. The van der Waals surface area contributed by atoms with Crippen LogP contribution in [0.25, 0.3) is 0 Å². The van der Waals surface area contributed by atoms with Crippen LogP contribution in [-0.2, 0) is 14.2 Å². The van der Waals surface area contributed by atoms with Gasteiger partial charge in [0.25, 0.3) is 0 Å². The average Bonchev–Trinajstić information content (AvgIpc) is 3.47. The van der Waals surface area contributed by atoms with Gasteiger partial charge in [0.2, 0.25) is 0 Å². The van der Waals surface area contributed by atoms with Crippen molar-refractivity contribution in [3.63, 3.8) is 0 Å². The Hall–Kier alpha value is -0.720. The number of hydrogen-bond acceptors (Lipinski definition) is 5. The molecular formula is C34H50O5. The summed E-state index contributed by atoms with van der Waals surface area (Å²) in [5.41, 5.74) is 3.56. The molecule has 39 heavy (non-hydrogen) atoms. The van der Waals surface area contributed by atoms with E-state index in [-0.39, 0.29) is 17.1 Å². The number of aliphatic hydroxyl groups excluding tert-OH is 1. The Morgan fingerprint density at radius 3 is 2.21 bits per heavy atom. The van der Waals surface area contributed by atoms with Gasteiger partial charge in [0.15, 0.2) is 5.79 Å². The lowest BCUT2D eigenvalue weighted by Crippen LogP contribution is -2.57. The second-order valence-corrected chi connectivity index (χ2v) is 15.3. The van der Waals surface area contributed by atoms with Gasteiger partial charge in [-0.25, -0.2) is 0 Å². The summed E-state index contributed by atoms with van der Waals surface area (Å²) in [6.45, 7) is 9.29. The van der Waals surface area contributed by atoms with Crippen LogP contribution in [-0.4, -0.2) is 53.1 Å². The van der Waals surface area contributed by atoms with Gasteiger partial charge < -0.3 is 24.4 Å². The van der Waals surface area contributed by atoms with E-state index in [0.29, 0.717) is 55.1 Å². The van der Waals surface area contributed by atoms with E-state index in [2.05, 4.69) is 13.5 Å². The summed E-state index contributed by atoms with van der Waals surface area (Å²) in [7, 11) is 0. The topological polar surface area (TPSA) is 68.2 Å². The highest BCUT2D eigenvalue weighted by molar-refractivity contribution is 5.40. The Kier molecular flexibility index (Phi) is 5.92. The van der Waals surface area contributed by atoms with E-state index in [1.165, 1.54) is 49.7 Å². The standard InChI is InChI=1S/C34H50O5/c1-21-12-16-39-34(21)15-11-27-25-9-13-32(36)20-33(37-17-18-38-33)14-10-28(32)29(25)26(19-31(27,34)2)22-3-5-23(6-4-22)30(35)24-7-8-24/h22-27,30,35-36H,1,3-20H2,2H3/t22?,23?,25?,26-,27?,30?,31+,32-,34-/m1/s1. The number of hydrogen-bond donors (Lipinski definition) is 2. The first-order valence-electron chi connectivity index (χ1n) is 16.5.